The minimum Gasteiger partial charge on any atom is -0.492 e. The van der Waals surface area contributed by atoms with Crippen LogP contribution in [0.3, 0.4) is 0 Å². The first-order valence-electron chi connectivity index (χ1n) is 11.9. The van der Waals surface area contributed by atoms with Gasteiger partial charge in [0.2, 0.25) is 0 Å². The van der Waals surface area contributed by atoms with Gasteiger partial charge in [-0.3, -0.25) is 4.79 Å². The van der Waals surface area contributed by atoms with Gasteiger partial charge < -0.3 is 15.0 Å². The quantitative estimate of drug-likeness (QED) is 0.370. The molecule has 1 aliphatic carbocycles. The molecule has 0 unspecified atom stereocenters. The first kappa shape index (κ1) is 24.1. The average Bonchev–Trinajstić information content (AvgIpc) is 3.57. The zero-order valence-corrected chi connectivity index (χ0v) is 21.9. The van der Waals surface area contributed by atoms with E-state index in [0.29, 0.717) is 17.9 Å². The number of carbonyl (C=O) groups is 1. The highest BCUT2D eigenvalue weighted by Gasteiger charge is 2.46. The summed E-state index contributed by atoms with van der Waals surface area (Å²) in [5.74, 6) is 3.90. The molecular formula is C29H34N2O2Si. The number of nitrogens with zero attached hydrogens (tertiary/aromatic N) is 1. The van der Waals surface area contributed by atoms with Gasteiger partial charge in [0.1, 0.15) is 20.4 Å². The number of rotatable bonds is 7. The average molecular weight is 471 g/mol. The van der Waals surface area contributed by atoms with E-state index >= 15 is 0 Å². The van der Waals surface area contributed by atoms with Crippen molar-refractivity contribution in [2.45, 2.75) is 38.0 Å². The molecule has 3 aromatic rings. The molecule has 4 nitrogen and oxygen atoms in total. The zero-order valence-electron chi connectivity index (χ0n) is 20.9. The number of likely N-dealkylation sites (N-methyl/N-ethyl adjacent to an activating group) is 1. The number of fused-ring (bicyclic) bond motifs is 1. The number of nitrogens with one attached hydrogen (secondary N) is 1. The molecule has 4 rings (SSSR count). The normalized spacial score (nSPS) is 14.4. The summed E-state index contributed by atoms with van der Waals surface area (Å²) in [5.41, 5.74) is 5.60. The molecular weight excluding hydrogens is 436 g/mol. The van der Waals surface area contributed by atoms with Crippen molar-refractivity contribution in [3.05, 3.63) is 77.4 Å². The maximum atomic E-state index is 13.7. The summed E-state index contributed by atoms with van der Waals surface area (Å²) in [7, 11) is 2.43. The topological polar surface area (TPSA) is 41.6 Å². The Labute approximate surface area is 204 Å². The van der Waals surface area contributed by atoms with Crippen molar-refractivity contribution >= 4 is 24.8 Å². The molecule has 0 saturated heterocycles. The highest BCUT2D eigenvalue weighted by atomic mass is 28.3. The second kappa shape index (κ2) is 9.66. The summed E-state index contributed by atoms with van der Waals surface area (Å²) >= 11 is 0. The lowest BCUT2D eigenvalue weighted by atomic mass is 9.96. The molecule has 1 amide bonds. The summed E-state index contributed by atoms with van der Waals surface area (Å²) in [5, 5.41) is 5.76. The van der Waals surface area contributed by atoms with E-state index in [2.05, 4.69) is 83.8 Å². The van der Waals surface area contributed by atoms with Crippen molar-refractivity contribution in [2.24, 2.45) is 0 Å². The Morgan fingerprint density at radius 1 is 1.06 bits per heavy atom. The Hall–Kier alpha value is -3.07. The van der Waals surface area contributed by atoms with Crippen LogP contribution in [-0.2, 0) is 5.54 Å². The molecule has 0 heterocycles. The van der Waals surface area contributed by atoms with Crippen molar-refractivity contribution in [2.75, 3.05) is 27.2 Å². The molecule has 1 fully saturated rings. The first-order chi connectivity index (χ1) is 16.2. The number of ether oxygens (including phenoxy) is 1. The fourth-order valence-electron chi connectivity index (χ4n) is 4.02. The van der Waals surface area contributed by atoms with Gasteiger partial charge in [-0.2, -0.15) is 0 Å². The minimum atomic E-state index is -1.59. The number of amides is 1. The van der Waals surface area contributed by atoms with E-state index in [4.69, 9.17) is 4.74 Å². The molecule has 34 heavy (non-hydrogen) atoms. The summed E-state index contributed by atoms with van der Waals surface area (Å²) in [6.07, 6.45) is 1.86. The van der Waals surface area contributed by atoms with Gasteiger partial charge in [-0.05, 0) is 61.5 Å². The minimum absolute atomic E-state index is 0.0941. The molecule has 0 aromatic heterocycles. The highest BCUT2D eigenvalue weighted by molar-refractivity contribution is 6.83. The highest BCUT2D eigenvalue weighted by Crippen LogP contribution is 2.48. The van der Waals surface area contributed by atoms with Gasteiger partial charge in [0.05, 0.1) is 11.1 Å². The van der Waals surface area contributed by atoms with Gasteiger partial charge in [-0.15, -0.1) is 5.54 Å². The maximum Gasteiger partial charge on any atom is 0.253 e. The third-order valence-electron chi connectivity index (χ3n) is 6.02. The molecule has 5 heteroatoms. The van der Waals surface area contributed by atoms with E-state index in [-0.39, 0.29) is 11.4 Å². The standard InChI is InChI=1S/C29H34N2O2Si/c1-31(2)18-19-33-24-14-13-23(15-20-34(3,4)5)26(21-24)28(32)30-29(16-17-29)27-12-8-10-22-9-6-7-11-25(22)27/h6-14,21H,16-19H2,1-5H3,(H,30,32). The smallest absolute Gasteiger partial charge is 0.253 e. The number of carbonyl (C=O) groups excluding carboxylic acids is 1. The zero-order chi connectivity index (χ0) is 24.3. The number of benzene rings is 3. The molecule has 1 aliphatic rings. The van der Waals surface area contributed by atoms with Gasteiger partial charge in [-0.1, -0.05) is 68.0 Å². The molecule has 0 bridgehead atoms. The summed E-state index contributed by atoms with van der Waals surface area (Å²) in [6.45, 7) is 7.99. The van der Waals surface area contributed by atoms with Crippen LogP contribution in [0.25, 0.3) is 10.8 Å². The van der Waals surface area contributed by atoms with E-state index in [1.807, 2.05) is 32.3 Å². The van der Waals surface area contributed by atoms with Crippen LogP contribution in [0.4, 0.5) is 0 Å². The van der Waals surface area contributed by atoms with Crippen LogP contribution in [0.2, 0.25) is 19.6 Å². The van der Waals surface area contributed by atoms with E-state index in [1.54, 1.807) is 0 Å². The molecule has 0 radical (unpaired) electrons. The molecule has 176 valence electrons. The van der Waals surface area contributed by atoms with Crippen molar-refractivity contribution in [1.29, 1.82) is 0 Å². The lowest BCUT2D eigenvalue weighted by molar-refractivity contribution is 0.0930. The second-order valence-corrected chi connectivity index (χ2v) is 15.2. The van der Waals surface area contributed by atoms with E-state index in [1.165, 1.54) is 16.3 Å². The third-order valence-corrected chi connectivity index (χ3v) is 6.90. The molecule has 3 aromatic carbocycles. The largest absolute Gasteiger partial charge is 0.492 e. The third kappa shape index (κ3) is 5.70. The Kier molecular flexibility index (Phi) is 6.83. The second-order valence-electron chi connectivity index (χ2n) is 10.4. The molecule has 0 aliphatic heterocycles. The lowest BCUT2D eigenvalue weighted by Gasteiger charge is -2.21. The Bertz CT molecular complexity index is 1260. The molecule has 0 spiro atoms. The van der Waals surface area contributed by atoms with Crippen molar-refractivity contribution in [3.63, 3.8) is 0 Å². The molecule has 1 N–H and O–H groups in total. The van der Waals surface area contributed by atoms with E-state index in [0.717, 1.165) is 24.9 Å². The predicted octanol–water partition coefficient (Wildman–Crippen LogP) is 5.43. The molecule has 0 atom stereocenters. The summed E-state index contributed by atoms with van der Waals surface area (Å²) in [6, 6.07) is 20.4. The van der Waals surface area contributed by atoms with Gasteiger partial charge in [0.15, 0.2) is 0 Å². The van der Waals surface area contributed by atoms with Crippen molar-refractivity contribution in [3.8, 4) is 17.2 Å². The van der Waals surface area contributed by atoms with Gasteiger partial charge in [0, 0.05) is 12.1 Å². The number of hydrogen-bond donors (Lipinski definition) is 1. The van der Waals surface area contributed by atoms with Crippen LogP contribution in [0, 0.1) is 11.5 Å². The van der Waals surface area contributed by atoms with Crippen LogP contribution >= 0.6 is 0 Å². The predicted molar refractivity (Wildman–Crippen MR) is 143 cm³/mol. The van der Waals surface area contributed by atoms with Crippen LogP contribution < -0.4 is 10.1 Å². The van der Waals surface area contributed by atoms with Gasteiger partial charge in [-0.25, -0.2) is 0 Å². The van der Waals surface area contributed by atoms with Crippen LogP contribution in [0.5, 0.6) is 5.75 Å². The van der Waals surface area contributed by atoms with Crippen LogP contribution in [0.1, 0.15) is 34.3 Å². The summed E-state index contributed by atoms with van der Waals surface area (Å²) in [4.78, 5) is 15.7. The van der Waals surface area contributed by atoms with Crippen LogP contribution in [-0.4, -0.2) is 46.1 Å². The van der Waals surface area contributed by atoms with E-state index in [9.17, 15) is 4.79 Å². The van der Waals surface area contributed by atoms with E-state index < -0.39 is 8.07 Å². The van der Waals surface area contributed by atoms with Crippen molar-refractivity contribution < 1.29 is 9.53 Å². The van der Waals surface area contributed by atoms with Gasteiger partial charge >= 0.3 is 0 Å². The monoisotopic (exact) mass is 470 g/mol. The molecule has 1 saturated carbocycles. The first-order valence-corrected chi connectivity index (χ1v) is 15.4. The number of hydrogen-bond acceptors (Lipinski definition) is 3. The Morgan fingerprint density at radius 2 is 1.79 bits per heavy atom. The summed E-state index contributed by atoms with van der Waals surface area (Å²) < 4.78 is 5.93. The van der Waals surface area contributed by atoms with Crippen molar-refractivity contribution in [1.82, 2.24) is 10.2 Å². The van der Waals surface area contributed by atoms with Gasteiger partial charge in [0.25, 0.3) is 5.91 Å². The Morgan fingerprint density at radius 3 is 2.50 bits per heavy atom. The fraction of sp³-hybridized carbons (Fsp3) is 0.345. The lowest BCUT2D eigenvalue weighted by Crippen LogP contribution is -2.35. The fourth-order valence-corrected chi connectivity index (χ4v) is 4.53. The van der Waals surface area contributed by atoms with Crippen LogP contribution in [0.15, 0.2) is 60.7 Å². The SMILES string of the molecule is CN(C)CCOc1ccc(C#C[Si](C)(C)C)c(C(=O)NC2(c3cccc4ccccc34)CC2)c1. The maximum absolute atomic E-state index is 13.7. The Balaban J connectivity index is 1.65.